The van der Waals surface area contributed by atoms with Gasteiger partial charge < -0.3 is 10.6 Å². The first-order valence-corrected chi connectivity index (χ1v) is 15.2. The molecule has 1 atom stereocenters. The Balaban J connectivity index is 1.29. The zero-order valence-electron chi connectivity index (χ0n) is 23.5. The van der Waals surface area contributed by atoms with Crippen LogP contribution in [0, 0.1) is 13.8 Å². The van der Waals surface area contributed by atoms with Gasteiger partial charge in [-0.25, -0.2) is 4.90 Å². The predicted octanol–water partition coefficient (Wildman–Crippen LogP) is 6.90. The van der Waals surface area contributed by atoms with Crippen LogP contribution >= 0.6 is 27.7 Å². The van der Waals surface area contributed by atoms with E-state index in [0.717, 1.165) is 26.1 Å². The fraction of sp³-hybridized carbons (Fsp3) is 0.118. The number of thioether (sulfide) groups is 1. The van der Waals surface area contributed by atoms with E-state index in [1.807, 2.05) is 62.4 Å². The van der Waals surface area contributed by atoms with Crippen LogP contribution in [0.25, 0.3) is 6.08 Å². The first-order valence-electron chi connectivity index (χ1n) is 13.5. The number of halogens is 1. The van der Waals surface area contributed by atoms with Gasteiger partial charge in [-0.3, -0.25) is 19.2 Å². The Bertz CT molecular complexity index is 1700. The van der Waals surface area contributed by atoms with Crippen molar-refractivity contribution in [1.82, 2.24) is 5.32 Å². The number of nitrogens with zero attached hydrogens (tertiary/aromatic N) is 1. The zero-order valence-corrected chi connectivity index (χ0v) is 25.9. The van der Waals surface area contributed by atoms with Crippen LogP contribution in [-0.2, 0) is 14.4 Å². The van der Waals surface area contributed by atoms with E-state index in [-0.39, 0.29) is 23.9 Å². The maximum atomic E-state index is 13.3. The molecule has 0 aromatic heterocycles. The summed E-state index contributed by atoms with van der Waals surface area (Å²) in [5.41, 5.74) is 4.16. The maximum absolute atomic E-state index is 13.3. The average Bonchev–Trinajstić information content (AvgIpc) is 3.27. The molecular formula is C34H28BrN3O4S. The van der Waals surface area contributed by atoms with E-state index in [4.69, 9.17) is 0 Å². The standard InChI is InChI=1S/C34H28BrN3O4S/c1-21-7-6-8-22(2)31(21)38-30(39)20-29(34(38)42)43-27-17-15-26(16-18-27)36-33(41)28(19-23-11-13-25(35)14-12-23)37-32(40)24-9-4-3-5-10-24/h3-19,29H,20H2,1-2H3,(H,36,41)(H,37,40)/b28-19-. The van der Waals surface area contributed by atoms with Crippen LogP contribution < -0.4 is 15.5 Å². The summed E-state index contributed by atoms with van der Waals surface area (Å²) >= 11 is 4.72. The second-order valence-corrected chi connectivity index (χ2v) is 12.2. The average molecular weight is 655 g/mol. The van der Waals surface area contributed by atoms with Gasteiger partial charge in [0.2, 0.25) is 11.8 Å². The van der Waals surface area contributed by atoms with Crippen LogP contribution in [0.2, 0.25) is 0 Å². The summed E-state index contributed by atoms with van der Waals surface area (Å²) in [5.74, 6) is -1.35. The molecule has 0 bridgehead atoms. The van der Waals surface area contributed by atoms with Crippen molar-refractivity contribution in [3.05, 3.63) is 129 Å². The van der Waals surface area contributed by atoms with E-state index < -0.39 is 17.1 Å². The number of carbonyl (C=O) groups is 4. The Kier molecular flexibility index (Phi) is 9.23. The number of amides is 4. The minimum absolute atomic E-state index is 0.0799. The van der Waals surface area contributed by atoms with Crippen molar-refractivity contribution in [2.45, 2.75) is 30.4 Å². The highest BCUT2D eigenvalue weighted by molar-refractivity contribution is 9.10. The highest BCUT2D eigenvalue weighted by Crippen LogP contribution is 2.36. The minimum Gasteiger partial charge on any atom is -0.321 e. The number of aryl methyl sites for hydroxylation is 2. The second-order valence-electron chi connectivity index (χ2n) is 10.0. The van der Waals surface area contributed by atoms with Gasteiger partial charge in [0.15, 0.2) is 0 Å². The van der Waals surface area contributed by atoms with E-state index in [2.05, 4.69) is 26.6 Å². The molecule has 4 amide bonds. The van der Waals surface area contributed by atoms with Crippen molar-refractivity contribution < 1.29 is 19.2 Å². The van der Waals surface area contributed by atoms with Crippen molar-refractivity contribution in [3.8, 4) is 0 Å². The lowest BCUT2D eigenvalue weighted by molar-refractivity contribution is -0.121. The van der Waals surface area contributed by atoms with Crippen LogP contribution in [0.3, 0.4) is 0 Å². The van der Waals surface area contributed by atoms with Crippen LogP contribution in [0.5, 0.6) is 0 Å². The predicted molar refractivity (Wildman–Crippen MR) is 174 cm³/mol. The topological polar surface area (TPSA) is 95.6 Å². The molecule has 0 saturated carbocycles. The van der Waals surface area contributed by atoms with E-state index in [0.29, 0.717) is 16.9 Å². The lowest BCUT2D eigenvalue weighted by Crippen LogP contribution is -2.32. The normalized spacial score (nSPS) is 15.0. The lowest BCUT2D eigenvalue weighted by Gasteiger charge is -2.19. The molecule has 9 heteroatoms. The number of benzene rings is 4. The minimum atomic E-state index is -0.541. The van der Waals surface area contributed by atoms with Crippen LogP contribution in [-0.4, -0.2) is 28.9 Å². The molecular weight excluding hydrogens is 626 g/mol. The van der Waals surface area contributed by atoms with Crippen LogP contribution in [0.1, 0.15) is 33.5 Å². The second kappa shape index (κ2) is 13.2. The summed E-state index contributed by atoms with van der Waals surface area (Å²) in [6.07, 6.45) is 1.72. The van der Waals surface area contributed by atoms with Crippen molar-refractivity contribution in [2.75, 3.05) is 10.2 Å². The summed E-state index contributed by atoms with van der Waals surface area (Å²) < 4.78 is 0.892. The first kappa shape index (κ1) is 30.0. The molecule has 0 spiro atoms. The molecule has 7 nitrogen and oxygen atoms in total. The van der Waals surface area contributed by atoms with Crippen LogP contribution in [0.4, 0.5) is 11.4 Å². The van der Waals surface area contributed by atoms with Gasteiger partial charge in [0.1, 0.15) is 5.70 Å². The number of imide groups is 1. The van der Waals surface area contributed by atoms with Gasteiger partial charge in [-0.15, -0.1) is 11.8 Å². The maximum Gasteiger partial charge on any atom is 0.272 e. The molecule has 2 N–H and O–H groups in total. The van der Waals surface area contributed by atoms with Gasteiger partial charge in [-0.2, -0.15) is 0 Å². The molecule has 1 fully saturated rings. The molecule has 1 aliphatic rings. The largest absolute Gasteiger partial charge is 0.321 e. The Morgan fingerprint density at radius 1 is 0.860 bits per heavy atom. The SMILES string of the molecule is Cc1cccc(C)c1N1C(=O)CC(Sc2ccc(NC(=O)/C(=C/c3ccc(Br)cc3)NC(=O)c3ccccc3)cc2)C1=O. The third-order valence-corrected chi connectivity index (χ3v) is 8.59. The quantitative estimate of drug-likeness (QED) is 0.159. The van der Waals surface area contributed by atoms with E-state index >= 15 is 0 Å². The molecule has 43 heavy (non-hydrogen) atoms. The fourth-order valence-electron chi connectivity index (χ4n) is 4.74. The summed E-state index contributed by atoms with van der Waals surface area (Å²) in [6, 6.07) is 28.7. The van der Waals surface area contributed by atoms with Gasteiger partial charge in [-0.05, 0) is 85.1 Å². The highest BCUT2D eigenvalue weighted by Gasteiger charge is 2.41. The number of rotatable bonds is 8. The van der Waals surface area contributed by atoms with Crippen molar-refractivity contribution >= 4 is 68.8 Å². The molecule has 4 aromatic carbocycles. The smallest absolute Gasteiger partial charge is 0.272 e. The molecule has 1 unspecified atom stereocenters. The summed E-state index contributed by atoms with van der Waals surface area (Å²) in [5, 5.41) is 5.03. The Labute approximate surface area is 262 Å². The van der Waals surface area contributed by atoms with Crippen molar-refractivity contribution in [3.63, 3.8) is 0 Å². The lowest BCUT2D eigenvalue weighted by atomic mass is 10.1. The number of para-hydroxylation sites is 1. The molecule has 1 heterocycles. The zero-order chi connectivity index (χ0) is 30.5. The summed E-state index contributed by atoms with van der Waals surface area (Å²) in [6.45, 7) is 3.78. The first-order chi connectivity index (χ1) is 20.7. The number of anilines is 2. The molecule has 216 valence electrons. The molecule has 1 aliphatic heterocycles. The highest BCUT2D eigenvalue weighted by atomic mass is 79.9. The summed E-state index contributed by atoms with van der Waals surface area (Å²) in [7, 11) is 0. The fourth-order valence-corrected chi connectivity index (χ4v) is 6.06. The van der Waals surface area contributed by atoms with Gasteiger partial charge in [0, 0.05) is 27.0 Å². The number of hydrogen-bond donors (Lipinski definition) is 2. The molecule has 0 aliphatic carbocycles. The Morgan fingerprint density at radius 3 is 2.16 bits per heavy atom. The molecule has 5 rings (SSSR count). The molecule has 4 aromatic rings. The van der Waals surface area contributed by atoms with Gasteiger partial charge in [0.05, 0.1) is 10.9 Å². The Morgan fingerprint density at radius 2 is 1.51 bits per heavy atom. The number of nitrogens with one attached hydrogen (secondary N) is 2. The molecule has 1 saturated heterocycles. The number of carbonyl (C=O) groups excluding carboxylic acids is 4. The van der Waals surface area contributed by atoms with E-state index in [1.165, 1.54) is 16.7 Å². The summed E-state index contributed by atoms with van der Waals surface area (Å²) in [4.78, 5) is 54.4. The monoisotopic (exact) mass is 653 g/mol. The van der Waals surface area contributed by atoms with E-state index in [9.17, 15) is 19.2 Å². The third kappa shape index (κ3) is 7.13. The number of hydrogen-bond acceptors (Lipinski definition) is 5. The van der Waals surface area contributed by atoms with Gasteiger partial charge in [0.25, 0.3) is 11.8 Å². The third-order valence-electron chi connectivity index (χ3n) is 6.87. The van der Waals surface area contributed by atoms with Crippen LogP contribution in [0.15, 0.2) is 112 Å². The van der Waals surface area contributed by atoms with Crippen molar-refractivity contribution in [2.24, 2.45) is 0 Å². The van der Waals surface area contributed by atoms with Crippen molar-refractivity contribution in [1.29, 1.82) is 0 Å². The molecule has 0 radical (unpaired) electrons. The van der Waals surface area contributed by atoms with Gasteiger partial charge >= 0.3 is 0 Å². The Hall–Kier alpha value is -4.47. The van der Waals surface area contributed by atoms with Gasteiger partial charge in [-0.1, -0.05) is 64.5 Å². The van der Waals surface area contributed by atoms with E-state index in [1.54, 1.807) is 54.6 Å².